The van der Waals surface area contributed by atoms with Crippen LogP contribution in [0, 0.1) is 5.92 Å². The first-order valence-corrected chi connectivity index (χ1v) is 11.1. The van der Waals surface area contributed by atoms with Crippen molar-refractivity contribution in [2.24, 2.45) is 5.92 Å². The Labute approximate surface area is 190 Å². The van der Waals surface area contributed by atoms with Crippen LogP contribution in [0.1, 0.15) is 81.6 Å². The maximum absolute atomic E-state index is 14.6. The van der Waals surface area contributed by atoms with Gasteiger partial charge in [-0.25, -0.2) is 4.79 Å². The first kappa shape index (κ1) is 28.3. The molecule has 1 atom stereocenters. The summed E-state index contributed by atoms with van der Waals surface area (Å²) < 4.78 is 34.5. The van der Waals surface area contributed by atoms with Crippen molar-refractivity contribution in [1.29, 1.82) is 0 Å². The van der Waals surface area contributed by atoms with Gasteiger partial charge in [-0.15, -0.1) is 0 Å². The van der Waals surface area contributed by atoms with E-state index in [-0.39, 0.29) is 5.92 Å². The van der Waals surface area contributed by atoms with Crippen molar-refractivity contribution in [3.8, 4) is 0 Å². The van der Waals surface area contributed by atoms with E-state index in [1.165, 1.54) is 5.06 Å². The third-order valence-corrected chi connectivity index (χ3v) is 5.24. The average molecular weight is 462 g/mol. The number of amides is 2. The number of nitrogens with zero attached hydrogens (tertiary/aromatic N) is 1. The Hall–Kier alpha value is -1.74. The molecule has 7 nitrogen and oxygen atoms in total. The van der Waals surface area contributed by atoms with Crippen LogP contribution in [0.2, 0.25) is 0 Å². The molecule has 1 aliphatic heterocycles. The lowest BCUT2D eigenvalue weighted by Crippen LogP contribution is -2.63. The van der Waals surface area contributed by atoms with E-state index in [2.05, 4.69) is 10.6 Å². The number of nitrogens with one attached hydrogen (secondary N) is 2. The largest absolute Gasteiger partial charge is 0.444 e. The second-order valence-corrected chi connectivity index (χ2v) is 11.4. The van der Waals surface area contributed by atoms with E-state index in [1.54, 1.807) is 48.5 Å². The molecular formula is C23H41F2N3O4. The lowest BCUT2D eigenvalue weighted by molar-refractivity contribution is -0.246. The first-order valence-electron chi connectivity index (χ1n) is 11.1. The van der Waals surface area contributed by atoms with E-state index in [1.807, 2.05) is 13.8 Å². The zero-order valence-electron chi connectivity index (χ0n) is 20.9. The van der Waals surface area contributed by atoms with Crippen molar-refractivity contribution in [3.05, 3.63) is 12.2 Å². The third-order valence-electron chi connectivity index (χ3n) is 5.24. The Morgan fingerprint density at radius 1 is 1.16 bits per heavy atom. The number of ether oxygens (including phenoxy) is 1. The third kappa shape index (κ3) is 8.65. The van der Waals surface area contributed by atoms with Gasteiger partial charge in [0, 0.05) is 17.1 Å². The van der Waals surface area contributed by atoms with Gasteiger partial charge in [0.05, 0.1) is 6.04 Å². The zero-order valence-corrected chi connectivity index (χ0v) is 20.9. The number of carbonyl (C=O) groups excluding carboxylic acids is 2. The van der Waals surface area contributed by atoms with Crippen LogP contribution in [0.5, 0.6) is 0 Å². The van der Waals surface area contributed by atoms with Crippen molar-refractivity contribution in [2.45, 2.75) is 116 Å². The van der Waals surface area contributed by atoms with Gasteiger partial charge in [0.15, 0.2) is 0 Å². The van der Waals surface area contributed by atoms with Crippen molar-refractivity contribution in [3.63, 3.8) is 0 Å². The van der Waals surface area contributed by atoms with E-state index >= 15 is 0 Å². The molecule has 0 saturated carbocycles. The Bertz CT molecular complexity index is 682. The Kier molecular flexibility index (Phi) is 8.87. The van der Waals surface area contributed by atoms with Crippen molar-refractivity contribution >= 4 is 12.0 Å². The highest BCUT2D eigenvalue weighted by Gasteiger charge is 2.47. The first-order chi connectivity index (χ1) is 14.2. The highest BCUT2D eigenvalue weighted by molar-refractivity contribution is 5.85. The quantitative estimate of drug-likeness (QED) is 0.480. The molecule has 1 saturated heterocycles. The molecule has 0 spiro atoms. The van der Waals surface area contributed by atoms with Gasteiger partial charge in [0.25, 0.3) is 5.91 Å². The molecule has 186 valence electrons. The fourth-order valence-electron chi connectivity index (χ4n) is 4.12. The number of hydroxylamine groups is 2. The summed E-state index contributed by atoms with van der Waals surface area (Å²) in [6.45, 7) is 16.1. The van der Waals surface area contributed by atoms with Gasteiger partial charge in [-0.1, -0.05) is 19.9 Å². The minimum Gasteiger partial charge on any atom is -0.444 e. The van der Waals surface area contributed by atoms with E-state index in [0.717, 1.165) is 6.08 Å². The summed E-state index contributed by atoms with van der Waals surface area (Å²) in [6.07, 6.45) is 2.03. The molecule has 32 heavy (non-hydrogen) atoms. The zero-order chi connectivity index (χ0) is 25.1. The number of alkyl carbamates (subject to hydrolysis) is 1. The molecule has 0 aromatic rings. The van der Waals surface area contributed by atoms with Crippen LogP contribution in [-0.2, 0) is 9.53 Å². The molecule has 0 radical (unpaired) electrons. The van der Waals surface area contributed by atoms with Gasteiger partial charge < -0.3 is 20.6 Å². The minimum atomic E-state index is -3.75. The number of piperidine rings is 1. The molecule has 1 aliphatic rings. The van der Waals surface area contributed by atoms with Gasteiger partial charge >= 0.3 is 12.0 Å². The van der Waals surface area contributed by atoms with Gasteiger partial charge in [-0.3, -0.25) is 4.79 Å². The highest BCUT2D eigenvalue weighted by Crippen LogP contribution is 2.37. The smallest absolute Gasteiger partial charge is 0.408 e. The van der Waals surface area contributed by atoms with Crippen LogP contribution >= 0.6 is 0 Å². The summed E-state index contributed by atoms with van der Waals surface area (Å²) in [6, 6.07) is -1.22. The SMILES string of the molecule is CC(C)C[C@H](C=CC(F)(F)C(=O)NC1CC(C)(C)N(O)C(C)(C)C1)NC(=O)OC(C)(C)C. The molecule has 3 N–H and O–H groups in total. The maximum atomic E-state index is 14.6. The highest BCUT2D eigenvalue weighted by atomic mass is 19.3. The number of halogens is 2. The molecule has 2 amide bonds. The van der Waals surface area contributed by atoms with Gasteiger partial charge in [-0.05, 0) is 79.7 Å². The molecule has 0 unspecified atom stereocenters. The summed E-state index contributed by atoms with van der Waals surface area (Å²) in [5.74, 6) is -5.04. The second-order valence-electron chi connectivity index (χ2n) is 11.4. The van der Waals surface area contributed by atoms with Crippen LogP contribution in [-0.4, -0.2) is 57.0 Å². The number of rotatable bonds is 7. The Balaban J connectivity index is 2.88. The molecular weight excluding hydrogens is 420 g/mol. The van der Waals surface area contributed by atoms with Gasteiger partial charge in [0.1, 0.15) is 5.60 Å². The monoisotopic (exact) mass is 461 g/mol. The molecule has 1 heterocycles. The fourth-order valence-corrected chi connectivity index (χ4v) is 4.12. The summed E-state index contributed by atoms with van der Waals surface area (Å²) in [7, 11) is 0. The number of hydrogen-bond donors (Lipinski definition) is 3. The molecule has 0 bridgehead atoms. The van der Waals surface area contributed by atoms with E-state index in [0.29, 0.717) is 25.3 Å². The van der Waals surface area contributed by atoms with Crippen LogP contribution in [0.15, 0.2) is 12.2 Å². The Morgan fingerprint density at radius 2 is 1.66 bits per heavy atom. The molecule has 1 rings (SSSR count). The lowest BCUT2D eigenvalue weighted by atomic mass is 9.79. The minimum absolute atomic E-state index is 0.121. The number of hydrogen-bond acceptors (Lipinski definition) is 5. The Morgan fingerprint density at radius 3 is 2.09 bits per heavy atom. The van der Waals surface area contributed by atoms with Crippen LogP contribution in [0.25, 0.3) is 0 Å². The average Bonchev–Trinajstić information content (AvgIpc) is 2.54. The van der Waals surface area contributed by atoms with E-state index in [4.69, 9.17) is 4.74 Å². The second kappa shape index (κ2) is 10.0. The number of carbonyl (C=O) groups is 2. The normalized spacial score (nSPS) is 20.9. The molecule has 0 aliphatic carbocycles. The van der Waals surface area contributed by atoms with Crippen molar-refractivity contribution < 1.29 is 28.3 Å². The predicted octanol–water partition coefficient (Wildman–Crippen LogP) is 4.64. The van der Waals surface area contributed by atoms with E-state index < -0.39 is 46.7 Å². The van der Waals surface area contributed by atoms with Crippen molar-refractivity contribution in [1.82, 2.24) is 15.7 Å². The van der Waals surface area contributed by atoms with Crippen LogP contribution in [0.3, 0.4) is 0 Å². The molecule has 0 aromatic carbocycles. The molecule has 9 heteroatoms. The number of alkyl halides is 2. The standard InChI is InChI=1S/C23H41F2N3O4/c1-15(2)12-16(27-19(30)32-20(3,4)5)10-11-23(24,25)18(29)26-17-13-21(6,7)28(31)22(8,9)14-17/h10-11,15-17,31H,12-14H2,1-9H3,(H,26,29)(H,27,30)/t16-/m0/s1. The molecule has 1 fully saturated rings. The maximum Gasteiger partial charge on any atom is 0.408 e. The summed E-state index contributed by atoms with van der Waals surface area (Å²) in [4.78, 5) is 24.4. The fraction of sp³-hybridized carbons (Fsp3) is 0.826. The van der Waals surface area contributed by atoms with Crippen LogP contribution in [0.4, 0.5) is 13.6 Å². The predicted molar refractivity (Wildman–Crippen MR) is 120 cm³/mol. The summed E-state index contributed by atoms with van der Waals surface area (Å²) >= 11 is 0. The van der Waals surface area contributed by atoms with Gasteiger partial charge in [0.2, 0.25) is 0 Å². The van der Waals surface area contributed by atoms with E-state index in [9.17, 15) is 23.6 Å². The lowest BCUT2D eigenvalue weighted by Gasteiger charge is -2.51. The summed E-state index contributed by atoms with van der Waals surface area (Å²) in [5.41, 5.74) is -2.07. The molecule has 0 aromatic heterocycles. The van der Waals surface area contributed by atoms with Crippen LogP contribution < -0.4 is 10.6 Å². The van der Waals surface area contributed by atoms with Gasteiger partial charge in [-0.2, -0.15) is 13.8 Å². The summed E-state index contributed by atoms with van der Waals surface area (Å²) in [5, 5.41) is 16.6. The topological polar surface area (TPSA) is 90.9 Å². The van der Waals surface area contributed by atoms with Crippen molar-refractivity contribution in [2.75, 3.05) is 0 Å².